The van der Waals surface area contributed by atoms with Crippen molar-refractivity contribution in [3.8, 4) is 0 Å². The van der Waals surface area contributed by atoms with E-state index in [1.54, 1.807) is 6.07 Å². The topological polar surface area (TPSA) is 108 Å². The zero-order valence-electron chi connectivity index (χ0n) is 16.9. The Bertz CT molecular complexity index is 939. The molecule has 0 spiro atoms. The van der Waals surface area contributed by atoms with Crippen LogP contribution < -0.4 is 5.32 Å². The van der Waals surface area contributed by atoms with Gasteiger partial charge in [-0.25, -0.2) is 4.79 Å². The van der Waals surface area contributed by atoms with Gasteiger partial charge in [0.05, 0.1) is 17.1 Å². The number of nitrogens with one attached hydrogen (secondary N) is 1. The van der Waals surface area contributed by atoms with Crippen LogP contribution in [-0.4, -0.2) is 43.5 Å². The zero-order chi connectivity index (χ0) is 21.6. The quantitative estimate of drug-likeness (QED) is 0.225. The lowest BCUT2D eigenvalue weighted by atomic mass is 9.98. The average molecular weight is 400 g/mol. The van der Waals surface area contributed by atoms with Crippen LogP contribution in [0.25, 0.3) is 0 Å². The summed E-state index contributed by atoms with van der Waals surface area (Å²) in [5.41, 5.74) is 3.34. The summed E-state index contributed by atoms with van der Waals surface area (Å²) < 4.78 is 9.99. The minimum absolute atomic E-state index is 0.00130. The van der Waals surface area contributed by atoms with Crippen molar-refractivity contribution in [1.29, 1.82) is 0 Å². The molecule has 0 amide bonds. The Morgan fingerprint density at radius 3 is 2.41 bits per heavy atom. The van der Waals surface area contributed by atoms with Crippen molar-refractivity contribution in [1.82, 2.24) is 0 Å². The molecule has 0 heterocycles. The van der Waals surface area contributed by atoms with Gasteiger partial charge in [0.2, 0.25) is 5.78 Å². The van der Waals surface area contributed by atoms with Gasteiger partial charge in [-0.2, -0.15) is 0 Å². The molecule has 0 aromatic heterocycles. The molecule has 0 aliphatic heterocycles. The summed E-state index contributed by atoms with van der Waals surface area (Å²) in [6.07, 6.45) is 0. The highest BCUT2D eigenvalue weighted by atomic mass is 16.6. The van der Waals surface area contributed by atoms with Crippen LogP contribution in [0.3, 0.4) is 0 Å². The molecule has 154 valence electrons. The Hall–Kier alpha value is -3.26. The van der Waals surface area contributed by atoms with Crippen molar-refractivity contribution < 1.29 is 24.0 Å². The van der Waals surface area contributed by atoms with Gasteiger partial charge < -0.3 is 14.8 Å². The number of benzene rings is 2. The van der Waals surface area contributed by atoms with Crippen molar-refractivity contribution in [2.75, 3.05) is 32.2 Å². The van der Waals surface area contributed by atoms with Crippen molar-refractivity contribution >= 4 is 23.1 Å². The maximum atomic E-state index is 12.4. The molecule has 29 heavy (non-hydrogen) atoms. The van der Waals surface area contributed by atoms with E-state index in [1.807, 2.05) is 26.8 Å². The predicted molar refractivity (Wildman–Crippen MR) is 109 cm³/mol. The molecule has 0 aliphatic rings. The molecule has 0 unspecified atom stereocenters. The highest BCUT2D eigenvalue weighted by molar-refractivity contribution is 6.00. The fourth-order valence-electron chi connectivity index (χ4n) is 2.80. The second kappa shape index (κ2) is 9.79. The van der Waals surface area contributed by atoms with Crippen LogP contribution in [0.15, 0.2) is 30.3 Å². The Kier molecular flexibility index (Phi) is 7.44. The lowest BCUT2D eigenvalue weighted by Crippen LogP contribution is -2.16. The largest absolute Gasteiger partial charge is 0.454 e. The fourth-order valence-corrected chi connectivity index (χ4v) is 2.80. The lowest BCUT2D eigenvalue weighted by molar-refractivity contribution is -0.384. The van der Waals surface area contributed by atoms with Crippen LogP contribution in [0.1, 0.15) is 37.4 Å². The number of nitrogens with zero attached hydrogens (tertiary/aromatic N) is 1. The van der Waals surface area contributed by atoms with Crippen molar-refractivity contribution in [2.45, 2.75) is 20.8 Å². The third kappa shape index (κ3) is 5.61. The Morgan fingerprint density at radius 1 is 1.07 bits per heavy atom. The zero-order valence-corrected chi connectivity index (χ0v) is 16.9. The first-order valence-electron chi connectivity index (χ1n) is 9.04. The Balaban J connectivity index is 2.10. The number of hydrogen-bond acceptors (Lipinski definition) is 7. The summed E-state index contributed by atoms with van der Waals surface area (Å²) >= 11 is 0. The number of Topliss-reactive ketones (excluding diaryl/α,β-unsaturated/α-hetero) is 1. The summed E-state index contributed by atoms with van der Waals surface area (Å²) in [6.45, 7) is 5.99. The Morgan fingerprint density at radius 2 is 1.76 bits per heavy atom. The van der Waals surface area contributed by atoms with Crippen LogP contribution >= 0.6 is 0 Å². The van der Waals surface area contributed by atoms with E-state index in [1.165, 1.54) is 19.2 Å². The van der Waals surface area contributed by atoms with Gasteiger partial charge in [-0.15, -0.1) is 0 Å². The predicted octanol–water partition coefficient (Wildman–Crippen LogP) is 3.62. The molecule has 0 radical (unpaired) electrons. The minimum atomic E-state index is -0.800. The second-order valence-corrected chi connectivity index (χ2v) is 6.66. The van der Waals surface area contributed by atoms with Crippen LogP contribution in [0.2, 0.25) is 0 Å². The number of nitro benzene ring substituents is 1. The number of ether oxygens (including phenoxy) is 2. The monoisotopic (exact) mass is 400 g/mol. The maximum Gasteiger partial charge on any atom is 0.338 e. The summed E-state index contributed by atoms with van der Waals surface area (Å²) in [5, 5.41) is 14.2. The number of carbonyl (C=O) groups excluding carboxylic acids is 2. The number of aryl methyl sites for hydroxylation is 3. The molecule has 8 nitrogen and oxygen atoms in total. The number of methoxy groups -OCH3 is 1. The maximum absolute atomic E-state index is 12.4. The van der Waals surface area contributed by atoms with Gasteiger partial charge in [-0.3, -0.25) is 14.9 Å². The first-order chi connectivity index (χ1) is 13.7. The van der Waals surface area contributed by atoms with Gasteiger partial charge in [-0.05, 0) is 55.7 Å². The van der Waals surface area contributed by atoms with E-state index in [0.29, 0.717) is 18.7 Å². The van der Waals surface area contributed by atoms with E-state index >= 15 is 0 Å². The highest BCUT2D eigenvalue weighted by Gasteiger charge is 2.20. The second-order valence-electron chi connectivity index (χ2n) is 6.66. The van der Waals surface area contributed by atoms with Crippen LogP contribution in [0.4, 0.5) is 11.4 Å². The summed E-state index contributed by atoms with van der Waals surface area (Å²) in [7, 11) is 1.52. The van der Waals surface area contributed by atoms with Crippen LogP contribution in [0, 0.1) is 30.9 Å². The first-order valence-corrected chi connectivity index (χ1v) is 9.04. The van der Waals surface area contributed by atoms with Crippen LogP contribution in [-0.2, 0) is 9.47 Å². The summed E-state index contributed by atoms with van der Waals surface area (Å²) in [4.78, 5) is 35.4. The highest BCUT2D eigenvalue weighted by Crippen LogP contribution is 2.26. The molecule has 0 saturated carbocycles. The van der Waals surface area contributed by atoms with Crippen LogP contribution in [0.5, 0.6) is 0 Å². The van der Waals surface area contributed by atoms with E-state index < -0.39 is 17.5 Å². The third-order valence-corrected chi connectivity index (χ3v) is 4.53. The molecule has 2 aromatic rings. The Labute approximate surface area is 169 Å². The van der Waals surface area contributed by atoms with E-state index in [-0.39, 0.29) is 22.7 Å². The van der Waals surface area contributed by atoms with E-state index in [4.69, 9.17) is 9.47 Å². The minimum Gasteiger partial charge on any atom is -0.454 e. The molecule has 0 fully saturated rings. The van der Waals surface area contributed by atoms with Gasteiger partial charge in [0, 0.05) is 25.3 Å². The molecule has 8 heteroatoms. The molecular weight excluding hydrogens is 376 g/mol. The van der Waals surface area contributed by atoms with Gasteiger partial charge >= 0.3 is 5.97 Å². The molecule has 0 bridgehead atoms. The summed E-state index contributed by atoms with van der Waals surface area (Å²) in [6, 6.07) is 7.65. The van der Waals surface area contributed by atoms with Gasteiger partial charge in [0.15, 0.2) is 6.61 Å². The third-order valence-electron chi connectivity index (χ3n) is 4.53. The fraction of sp³-hybridized carbons (Fsp3) is 0.333. The molecule has 0 saturated heterocycles. The molecule has 0 atom stereocenters. The molecule has 1 N–H and O–H groups in total. The molecule has 0 aliphatic carbocycles. The average Bonchev–Trinajstić information content (AvgIpc) is 2.68. The number of anilines is 1. The van der Waals surface area contributed by atoms with Gasteiger partial charge in [0.1, 0.15) is 5.69 Å². The van der Waals surface area contributed by atoms with E-state index in [9.17, 15) is 19.7 Å². The number of hydrogen-bond donors (Lipinski definition) is 1. The van der Waals surface area contributed by atoms with E-state index in [0.717, 1.165) is 22.8 Å². The summed E-state index contributed by atoms with van der Waals surface area (Å²) in [5.74, 6) is -1.13. The van der Waals surface area contributed by atoms with E-state index in [2.05, 4.69) is 5.32 Å². The normalized spacial score (nSPS) is 10.5. The number of nitro groups is 1. The number of rotatable bonds is 9. The van der Waals surface area contributed by atoms with Crippen molar-refractivity contribution in [3.05, 3.63) is 68.3 Å². The number of ketones is 1. The smallest absolute Gasteiger partial charge is 0.338 e. The number of esters is 1. The standard InChI is InChI=1S/C21H24N2O6/c1-13-9-15(3)17(10-14(13)2)20(24)12-29-21(25)16-5-6-18(22-7-8-28-4)19(11-16)23(26)27/h5-6,9-11,22H,7-8,12H2,1-4H3. The molecular formula is C21H24N2O6. The molecule has 2 rings (SSSR count). The SMILES string of the molecule is COCCNc1ccc(C(=O)OCC(=O)c2cc(C)c(C)cc2C)cc1[N+](=O)[O-]. The van der Waals surface area contributed by atoms with Crippen molar-refractivity contribution in [2.24, 2.45) is 0 Å². The van der Waals surface area contributed by atoms with Gasteiger partial charge in [0.25, 0.3) is 5.69 Å². The first kappa shape index (κ1) is 22.0. The van der Waals surface area contributed by atoms with Gasteiger partial charge in [-0.1, -0.05) is 6.07 Å². The lowest BCUT2D eigenvalue weighted by Gasteiger charge is -2.10. The molecule has 2 aromatic carbocycles. The van der Waals surface area contributed by atoms with Crippen molar-refractivity contribution in [3.63, 3.8) is 0 Å². The number of carbonyl (C=O) groups is 2.